The minimum atomic E-state index is 0.677. The van der Waals surface area contributed by atoms with Crippen molar-refractivity contribution in [1.29, 1.82) is 0 Å². The van der Waals surface area contributed by atoms with E-state index in [1.165, 1.54) is 35.1 Å². The number of anilines is 1. The van der Waals surface area contributed by atoms with Crippen molar-refractivity contribution >= 4 is 37.5 Å². The lowest BCUT2D eigenvalue weighted by Crippen LogP contribution is -2.26. The fraction of sp³-hybridized carbons (Fsp3) is 0.500. The van der Waals surface area contributed by atoms with E-state index >= 15 is 0 Å². The number of hydrogen-bond acceptors (Lipinski definition) is 1. The summed E-state index contributed by atoms with van der Waals surface area (Å²) in [5.41, 5.74) is 2.65. The molecule has 0 N–H and O–H groups in total. The van der Waals surface area contributed by atoms with Crippen LogP contribution in [0.2, 0.25) is 0 Å². The number of benzene rings is 1. The van der Waals surface area contributed by atoms with Crippen molar-refractivity contribution in [3.8, 4) is 0 Å². The lowest BCUT2D eigenvalue weighted by molar-refractivity contribution is 0.734. The zero-order valence-corrected chi connectivity index (χ0v) is 12.0. The molecule has 0 amide bonds. The summed E-state index contributed by atoms with van der Waals surface area (Å²) in [6.45, 7) is 3.49. The van der Waals surface area contributed by atoms with Crippen molar-refractivity contribution < 1.29 is 0 Å². The van der Waals surface area contributed by atoms with Crippen molar-refractivity contribution in [3.63, 3.8) is 0 Å². The summed E-state index contributed by atoms with van der Waals surface area (Å²) < 4.78 is 1.22. The van der Waals surface area contributed by atoms with Gasteiger partial charge in [-0.25, -0.2) is 0 Å². The van der Waals surface area contributed by atoms with Gasteiger partial charge in [0, 0.05) is 22.4 Å². The molecule has 0 bridgehead atoms. The Morgan fingerprint density at radius 3 is 2.80 bits per heavy atom. The topological polar surface area (TPSA) is 3.24 Å². The van der Waals surface area contributed by atoms with Gasteiger partial charge in [-0.2, -0.15) is 0 Å². The minimum absolute atomic E-state index is 0.677. The Labute approximate surface area is 108 Å². The second kappa shape index (κ2) is 4.88. The van der Waals surface area contributed by atoms with Crippen LogP contribution in [0.4, 0.5) is 5.69 Å². The maximum absolute atomic E-state index is 3.66. The van der Waals surface area contributed by atoms with Crippen LogP contribution in [-0.2, 0) is 5.33 Å². The molecule has 1 fully saturated rings. The van der Waals surface area contributed by atoms with E-state index in [-0.39, 0.29) is 0 Å². The predicted octanol–water partition coefficient (Wildman–Crippen LogP) is 4.33. The van der Waals surface area contributed by atoms with Gasteiger partial charge < -0.3 is 4.90 Å². The van der Waals surface area contributed by atoms with E-state index in [1.54, 1.807) is 0 Å². The number of halogens is 2. The Balaban J connectivity index is 2.28. The summed E-state index contributed by atoms with van der Waals surface area (Å²) in [6, 6.07) is 7.30. The SMILES string of the molecule is CC1CCCN1c1ccc(CBr)cc1Br. The minimum Gasteiger partial charge on any atom is -0.368 e. The maximum atomic E-state index is 3.66. The summed E-state index contributed by atoms with van der Waals surface area (Å²) >= 11 is 7.14. The summed E-state index contributed by atoms with van der Waals surface area (Å²) in [6.07, 6.45) is 2.63. The van der Waals surface area contributed by atoms with Crippen LogP contribution in [0, 0.1) is 0 Å². The Morgan fingerprint density at radius 2 is 2.27 bits per heavy atom. The molecule has 3 heteroatoms. The van der Waals surface area contributed by atoms with Crippen LogP contribution in [0.15, 0.2) is 22.7 Å². The summed E-state index contributed by atoms with van der Waals surface area (Å²) in [4.78, 5) is 2.49. The van der Waals surface area contributed by atoms with Crippen LogP contribution in [0.25, 0.3) is 0 Å². The number of rotatable bonds is 2. The molecule has 1 heterocycles. The average Bonchev–Trinajstić information content (AvgIpc) is 2.64. The third-order valence-electron chi connectivity index (χ3n) is 3.03. The molecule has 0 aromatic heterocycles. The molecule has 1 aliphatic heterocycles. The highest BCUT2D eigenvalue weighted by molar-refractivity contribution is 9.10. The van der Waals surface area contributed by atoms with Crippen LogP contribution in [0.5, 0.6) is 0 Å². The van der Waals surface area contributed by atoms with Gasteiger partial charge in [0.2, 0.25) is 0 Å². The molecule has 1 aromatic carbocycles. The normalized spacial score (nSPS) is 21.0. The van der Waals surface area contributed by atoms with Crippen LogP contribution in [0.3, 0.4) is 0 Å². The highest BCUT2D eigenvalue weighted by Gasteiger charge is 2.21. The quantitative estimate of drug-likeness (QED) is 0.728. The third-order valence-corrected chi connectivity index (χ3v) is 4.31. The second-order valence-corrected chi connectivity index (χ2v) is 5.52. The van der Waals surface area contributed by atoms with Crippen LogP contribution >= 0.6 is 31.9 Å². The van der Waals surface area contributed by atoms with Gasteiger partial charge in [-0.05, 0) is 53.4 Å². The smallest absolute Gasteiger partial charge is 0.0513 e. The molecule has 1 saturated heterocycles. The van der Waals surface area contributed by atoms with Crippen LogP contribution in [-0.4, -0.2) is 12.6 Å². The molecule has 1 aromatic rings. The van der Waals surface area contributed by atoms with E-state index in [4.69, 9.17) is 0 Å². The molecule has 1 aliphatic rings. The van der Waals surface area contributed by atoms with Crippen molar-refractivity contribution in [1.82, 2.24) is 0 Å². The van der Waals surface area contributed by atoms with Crippen LogP contribution in [0.1, 0.15) is 25.3 Å². The summed E-state index contributed by atoms with van der Waals surface area (Å²) in [5.74, 6) is 0. The zero-order chi connectivity index (χ0) is 10.8. The fourth-order valence-electron chi connectivity index (χ4n) is 2.16. The number of nitrogens with zero attached hydrogens (tertiary/aromatic N) is 1. The van der Waals surface area contributed by atoms with E-state index in [0.29, 0.717) is 6.04 Å². The van der Waals surface area contributed by atoms with E-state index in [2.05, 4.69) is 61.9 Å². The monoisotopic (exact) mass is 331 g/mol. The molecule has 1 unspecified atom stereocenters. The maximum Gasteiger partial charge on any atom is 0.0513 e. The Morgan fingerprint density at radius 1 is 1.47 bits per heavy atom. The molecule has 1 nitrogen and oxygen atoms in total. The molecule has 0 radical (unpaired) electrons. The first kappa shape index (κ1) is 11.5. The standard InChI is InChI=1S/C12H15Br2N/c1-9-3-2-6-15(9)12-5-4-10(8-13)7-11(12)14/h4-5,7,9H,2-3,6,8H2,1H3. The molecule has 0 aliphatic carbocycles. The summed E-state index contributed by atoms with van der Waals surface area (Å²) in [5, 5.41) is 0.918. The number of hydrogen-bond donors (Lipinski definition) is 0. The molecule has 15 heavy (non-hydrogen) atoms. The van der Waals surface area contributed by atoms with Gasteiger partial charge >= 0.3 is 0 Å². The van der Waals surface area contributed by atoms with E-state index in [9.17, 15) is 0 Å². The Hall–Kier alpha value is -0.0200. The number of alkyl halides is 1. The molecule has 1 atom stereocenters. The van der Waals surface area contributed by atoms with E-state index < -0.39 is 0 Å². The Kier molecular flexibility index (Phi) is 3.73. The lowest BCUT2D eigenvalue weighted by atomic mass is 10.2. The first-order valence-corrected chi connectivity index (χ1v) is 7.25. The van der Waals surface area contributed by atoms with Gasteiger partial charge in [-0.15, -0.1) is 0 Å². The highest BCUT2D eigenvalue weighted by atomic mass is 79.9. The molecule has 0 spiro atoms. The van der Waals surface area contributed by atoms with Crippen molar-refractivity contribution in [2.24, 2.45) is 0 Å². The zero-order valence-electron chi connectivity index (χ0n) is 8.84. The van der Waals surface area contributed by atoms with Gasteiger partial charge in [-0.1, -0.05) is 22.0 Å². The Bertz CT molecular complexity index is 351. The molecule has 2 rings (SSSR count). The van der Waals surface area contributed by atoms with Gasteiger partial charge in [0.15, 0.2) is 0 Å². The van der Waals surface area contributed by atoms with Gasteiger partial charge in [0.25, 0.3) is 0 Å². The van der Waals surface area contributed by atoms with Gasteiger partial charge in [-0.3, -0.25) is 0 Å². The van der Waals surface area contributed by atoms with Gasteiger partial charge in [0.1, 0.15) is 0 Å². The molecule has 82 valence electrons. The molecular weight excluding hydrogens is 318 g/mol. The molecule has 0 saturated carbocycles. The largest absolute Gasteiger partial charge is 0.368 e. The fourth-order valence-corrected chi connectivity index (χ4v) is 3.16. The van der Waals surface area contributed by atoms with Crippen molar-refractivity contribution in [3.05, 3.63) is 28.2 Å². The summed E-state index contributed by atoms with van der Waals surface area (Å²) in [7, 11) is 0. The first-order valence-electron chi connectivity index (χ1n) is 5.33. The van der Waals surface area contributed by atoms with Crippen molar-refractivity contribution in [2.45, 2.75) is 31.1 Å². The second-order valence-electron chi connectivity index (χ2n) is 4.10. The third kappa shape index (κ3) is 2.39. The van der Waals surface area contributed by atoms with Crippen LogP contribution < -0.4 is 4.90 Å². The van der Waals surface area contributed by atoms with Gasteiger partial charge in [0.05, 0.1) is 5.69 Å². The van der Waals surface area contributed by atoms with Crippen molar-refractivity contribution in [2.75, 3.05) is 11.4 Å². The highest BCUT2D eigenvalue weighted by Crippen LogP contribution is 2.32. The van der Waals surface area contributed by atoms with E-state index in [0.717, 1.165) is 5.33 Å². The average molecular weight is 333 g/mol. The lowest BCUT2D eigenvalue weighted by Gasteiger charge is -2.25. The molecular formula is C12H15Br2N. The first-order chi connectivity index (χ1) is 7.22. The van der Waals surface area contributed by atoms with E-state index in [1.807, 2.05) is 0 Å². The predicted molar refractivity (Wildman–Crippen MR) is 72.8 cm³/mol.